The van der Waals surface area contributed by atoms with E-state index in [0.29, 0.717) is 18.0 Å². The second-order valence-electron chi connectivity index (χ2n) is 7.84. The average molecular weight is 399 g/mol. The summed E-state index contributed by atoms with van der Waals surface area (Å²) in [7, 11) is 1.64. The van der Waals surface area contributed by atoms with Crippen LogP contribution in [0.1, 0.15) is 36.0 Å². The zero-order valence-corrected chi connectivity index (χ0v) is 17.7. The molecule has 1 aliphatic rings. The van der Waals surface area contributed by atoms with Gasteiger partial charge in [0.25, 0.3) is 0 Å². The lowest BCUT2D eigenvalue weighted by Crippen LogP contribution is -2.38. The highest BCUT2D eigenvalue weighted by atomic mass is 16.5. The first-order valence-electron chi connectivity index (χ1n) is 10.6. The molecule has 3 rings (SSSR count). The van der Waals surface area contributed by atoms with Gasteiger partial charge in [0.05, 0.1) is 7.11 Å². The summed E-state index contributed by atoms with van der Waals surface area (Å²) in [6.45, 7) is 6.78. The second-order valence-corrected chi connectivity index (χ2v) is 7.84. The van der Waals surface area contributed by atoms with E-state index in [2.05, 4.69) is 41.4 Å². The molecule has 0 aromatic heterocycles. The summed E-state index contributed by atoms with van der Waals surface area (Å²) in [5.74, 6) is 1.37. The third-order valence-corrected chi connectivity index (χ3v) is 5.48. The minimum Gasteiger partial charge on any atom is -0.493 e. The van der Waals surface area contributed by atoms with E-state index in [-0.39, 0.29) is 6.61 Å². The molecule has 1 atom stereocenters. The number of hydrogen-bond donors (Lipinski definition) is 2. The number of β-amino-alcohol motifs (C(OH)–C–C–N with tert-alkyl or cyclic N) is 1. The predicted molar refractivity (Wildman–Crippen MR) is 117 cm³/mol. The van der Waals surface area contributed by atoms with Gasteiger partial charge in [-0.15, -0.1) is 0 Å². The van der Waals surface area contributed by atoms with Gasteiger partial charge < -0.3 is 24.8 Å². The van der Waals surface area contributed by atoms with Gasteiger partial charge in [0.15, 0.2) is 11.5 Å². The lowest BCUT2D eigenvalue weighted by molar-refractivity contribution is 0.0608. The molecule has 1 aliphatic heterocycles. The van der Waals surface area contributed by atoms with E-state index in [1.807, 2.05) is 18.2 Å². The molecule has 29 heavy (non-hydrogen) atoms. The van der Waals surface area contributed by atoms with Crippen molar-refractivity contribution in [2.75, 3.05) is 33.4 Å². The molecule has 0 unspecified atom stereocenters. The zero-order valence-electron chi connectivity index (χ0n) is 17.7. The fourth-order valence-electron chi connectivity index (χ4n) is 3.77. The van der Waals surface area contributed by atoms with Crippen molar-refractivity contribution in [3.8, 4) is 11.5 Å². The number of ether oxygens (including phenoxy) is 2. The van der Waals surface area contributed by atoms with Gasteiger partial charge in [0.2, 0.25) is 0 Å². The van der Waals surface area contributed by atoms with Crippen LogP contribution in [0.15, 0.2) is 42.5 Å². The van der Waals surface area contributed by atoms with E-state index in [9.17, 15) is 5.11 Å². The molecule has 0 spiro atoms. The third kappa shape index (κ3) is 6.74. The Bertz CT molecular complexity index is 760. The summed E-state index contributed by atoms with van der Waals surface area (Å²) in [5, 5.41) is 13.9. The van der Waals surface area contributed by atoms with Crippen molar-refractivity contribution in [1.82, 2.24) is 10.2 Å². The summed E-state index contributed by atoms with van der Waals surface area (Å²) in [5.41, 5.74) is 3.72. The summed E-state index contributed by atoms with van der Waals surface area (Å²) in [6.07, 6.45) is 3.24. The molecule has 2 N–H and O–H groups in total. The van der Waals surface area contributed by atoms with Crippen LogP contribution in [0.5, 0.6) is 11.5 Å². The Kier molecular flexibility index (Phi) is 8.35. The molecule has 1 heterocycles. The number of nitrogens with one attached hydrogen (secondary N) is 1. The Balaban J connectivity index is 1.51. The number of aryl methyl sites for hydroxylation is 1. The second kappa shape index (κ2) is 11.2. The number of piperidine rings is 1. The van der Waals surface area contributed by atoms with Gasteiger partial charge in [-0.05, 0) is 61.7 Å². The molecular formula is C24H34N2O3. The van der Waals surface area contributed by atoms with Crippen molar-refractivity contribution < 1.29 is 14.6 Å². The maximum absolute atomic E-state index is 10.4. The molecule has 0 saturated carbocycles. The number of rotatable bonds is 10. The first-order chi connectivity index (χ1) is 14.2. The number of benzene rings is 2. The van der Waals surface area contributed by atoms with Gasteiger partial charge >= 0.3 is 0 Å². The quantitative estimate of drug-likeness (QED) is 0.641. The Morgan fingerprint density at radius 1 is 1.03 bits per heavy atom. The number of likely N-dealkylation sites (tertiary alicyclic amines) is 1. The van der Waals surface area contributed by atoms with E-state index >= 15 is 0 Å². The molecule has 2 aromatic rings. The number of hydrogen-bond acceptors (Lipinski definition) is 5. The topological polar surface area (TPSA) is 54.0 Å². The summed E-state index contributed by atoms with van der Waals surface area (Å²) in [6, 6.07) is 14.4. The molecule has 0 bridgehead atoms. The van der Waals surface area contributed by atoms with Crippen LogP contribution in [0.2, 0.25) is 0 Å². The van der Waals surface area contributed by atoms with E-state index in [1.165, 1.54) is 30.4 Å². The maximum atomic E-state index is 10.4. The summed E-state index contributed by atoms with van der Waals surface area (Å²) in [4.78, 5) is 2.32. The van der Waals surface area contributed by atoms with Crippen molar-refractivity contribution >= 4 is 0 Å². The minimum atomic E-state index is -0.499. The smallest absolute Gasteiger partial charge is 0.161 e. The van der Waals surface area contributed by atoms with Crippen molar-refractivity contribution in [2.45, 2.75) is 45.4 Å². The van der Waals surface area contributed by atoms with Crippen LogP contribution in [-0.2, 0) is 13.1 Å². The monoisotopic (exact) mass is 398 g/mol. The van der Waals surface area contributed by atoms with Gasteiger partial charge in [-0.3, -0.25) is 0 Å². The van der Waals surface area contributed by atoms with E-state index in [4.69, 9.17) is 9.47 Å². The minimum absolute atomic E-state index is 0.271. The van der Waals surface area contributed by atoms with Crippen LogP contribution in [0.4, 0.5) is 0 Å². The fraction of sp³-hybridized carbons (Fsp3) is 0.500. The molecule has 158 valence electrons. The van der Waals surface area contributed by atoms with Crippen LogP contribution >= 0.6 is 0 Å². The van der Waals surface area contributed by atoms with Crippen molar-refractivity contribution in [3.63, 3.8) is 0 Å². The van der Waals surface area contributed by atoms with E-state index in [1.54, 1.807) is 7.11 Å². The predicted octanol–water partition coefficient (Wildman–Crippen LogP) is 3.52. The first kappa shape index (κ1) is 21.6. The number of aliphatic hydroxyl groups excluding tert-OH is 1. The van der Waals surface area contributed by atoms with Crippen LogP contribution < -0.4 is 14.8 Å². The Morgan fingerprint density at radius 2 is 1.83 bits per heavy atom. The van der Waals surface area contributed by atoms with Crippen molar-refractivity contribution in [2.24, 2.45) is 0 Å². The SMILES string of the molecule is COc1ccc(CNCc2ccccc2C)cc1OC[C@@H](O)CN1CCCCC1. The highest BCUT2D eigenvalue weighted by molar-refractivity contribution is 5.43. The Labute approximate surface area is 174 Å². The molecule has 1 fully saturated rings. The molecule has 5 heteroatoms. The van der Waals surface area contributed by atoms with Crippen molar-refractivity contribution in [1.29, 1.82) is 0 Å². The number of methoxy groups -OCH3 is 1. The molecule has 5 nitrogen and oxygen atoms in total. The Morgan fingerprint density at radius 3 is 2.59 bits per heavy atom. The largest absolute Gasteiger partial charge is 0.493 e. The molecule has 0 amide bonds. The fourth-order valence-corrected chi connectivity index (χ4v) is 3.77. The maximum Gasteiger partial charge on any atom is 0.161 e. The highest BCUT2D eigenvalue weighted by Crippen LogP contribution is 2.28. The molecular weight excluding hydrogens is 364 g/mol. The van der Waals surface area contributed by atoms with Crippen LogP contribution in [0, 0.1) is 6.92 Å². The van der Waals surface area contributed by atoms with Gasteiger partial charge in [-0.25, -0.2) is 0 Å². The lowest BCUT2D eigenvalue weighted by atomic mass is 10.1. The number of nitrogens with zero attached hydrogens (tertiary/aromatic N) is 1. The molecule has 1 saturated heterocycles. The van der Waals surface area contributed by atoms with Gasteiger partial charge in [0, 0.05) is 19.6 Å². The lowest BCUT2D eigenvalue weighted by Gasteiger charge is -2.28. The number of aliphatic hydroxyl groups is 1. The van der Waals surface area contributed by atoms with Crippen LogP contribution in [-0.4, -0.2) is 49.5 Å². The normalized spacial score (nSPS) is 15.8. The van der Waals surface area contributed by atoms with Crippen LogP contribution in [0.3, 0.4) is 0 Å². The third-order valence-electron chi connectivity index (χ3n) is 5.48. The highest BCUT2D eigenvalue weighted by Gasteiger charge is 2.16. The van der Waals surface area contributed by atoms with Crippen molar-refractivity contribution in [3.05, 3.63) is 59.2 Å². The van der Waals surface area contributed by atoms with Crippen LogP contribution in [0.25, 0.3) is 0 Å². The first-order valence-corrected chi connectivity index (χ1v) is 10.6. The van der Waals surface area contributed by atoms with E-state index in [0.717, 1.165) is 31.7 Å². The molecule has 0 aliphatic carbocycles. The zero-order chi connectivity index (χ0) is 20.5. The Hall–Kier alpha value is -2.08. The standard InChI is InChI=1S/C24H34N2O3/c1-19-8-4-5-9-21(19)16-25-15-20-10-11-23(28-2)24(14-20)29-18-22(27)17-26-12-6-3-7-13-26/h4-5,8-11,14,22,25,27H,3,6-7,12-13,15-18H2,1-2H3/t22-/m0/s1. The van der Waals surface area contributed by atoms with Gasteiger partial charge in [0.1, 0.15) is 12.7 Å². The van der Waals surface area contributed by atoms with Gasteiger partial charge in [-0.1, -0.05) is 36.8 Å². The van der Waals surface area contributed by atoms with E-state index < -0.39 is 6.10 Å². The summed E-state index contributed by atoms with van der Waals surface area (Å²) < 4.78 is 11.4. The molecule has 0 radical (unpaired) electrons. The average Bonchev–Trinajstić information content (AvgIpc) is 2.74. The molecule has 2 aromatic carbocycles. The van der Waals surface area contributed by atoms with Gasteiger partial charge in [-0.2, -0.15) is 0 Å². The summed E-state index contributed by atoms with van der Waals surface area (Å²) >= 11 is 0.